The van der Waals surface area contributed by atoms with Crippen molar-refractivity contribution in [1.29, 1.82) is 0 Å². The van der Waals surface area contributed by atoms with Crippen LogP contribution in [0.2, 0.25) is 0 Å². The monoisotopic (exact) mass is 465 g/mol. The Hall–Kier alpha value is -2.54. The molecule has 3 aromatic rings. The number of anilines is 2. The Morgan fingerprint density at radius 1 is 0.906 bits per heavy atom. The highest BCUT2D eigenvalue weighted by Gasteiger charge is 2.27. The fourth-order valence-corrected chi connectivity index (χ4v) is 5.73. The van der Waals surface area contributed by atoms with Crippen molar-refractivity contribution in [3.63, 3.8) is 0 Å². The molecule has 0 aliphatic carbocycles. The summed E-state index contributed by atoms with van der Waals surface area (Å²) in [6, 6.07) is 25.6. The van der Waals surface area contributed by atoms with Crippen LogP contribution in [-0.2, 0) is 16.7 Å². The molecule has 1 N–H and O–H groups in total. The summed E-state index contributed by atoms with van der Waals surface area (Å²) in [7, 11) is -3.92. The largest absolute Gasteiger partial charge is 0.336 e. The lowest BCUT2D eigenvalue weighted by Crippen LogP contribution is -2.23. The van der Waals surface area contributed by atoms with Crippen molar-refractivity contribution < 1.29 is 13.0 Å². The maximum atomic E-state index is 11.0. The van der Waals surface area contributed by atoms with E-state index in [1.165, 1.54) is 39.2 Å². The minimum absolute atomic E-state index is 0.208. The maximum Gasteiger partial charge on any atom is 0.264 e. The molecular formula is C26H27NO3S2. The molecule has 0 amide bonds. The normalized spacial score (nSPS) is 13.0. The Balaban J connectivity index is 1.72. The van der Waals surface area contributed by atoms with Crippen LogP contribution in [0.25, 0.3) is 5.57 Å². The molecule has 4 nitrogen and oxygen atoms in total. The molecule has 6 heteroatoms. The first-order chi connectivity index (χ1) is 15.3. The minimum Gasteiger partial charge on any atom is -0.336 e. The van der Waals surface area contributed by atoms with Crippen molar-refractivity contribution >= 4 is 38.8 Å². The highest BCUT2D eigenvalue weighted by atomic mass is 32.2. The van der Waals surface area contributed by atoms with Gasteiger partial charge in [0.25, 0.3) is 10.1 Å². The van der Waals surface area contributed by atoms with E-state index in [2.05, 4.69) is 91.5 Å². The van der Waals surface area contributed by atoms with Crippen LogP contribution in [0, 0.1) is 6.92 Å². The van der Waals surface area contributed by atoms with Gasteiger partial charge in [-0.05, 0) is 48.6 Å². The van der Waals surface area contributed by atoms with Crippen molar-refractivity contribution in [2.24, 2.45) is 0 Å². The molecule has 4 rings (SSSR count). The van der Waals surface area contributed by atoms with E-state index in [0.29, 0.717) is 12.2 Å². The van der Waals surface area contributed by atoms with E-state index in [9.17, 15) is 8.42 Å². The van der Waals surface area contributed by atoms with E-state index in [4.69, 9.17) is 4.55 Å². The Kier molecular flexibility index (Phi) is 6.74. The summed E-state index contributed by atoms with van der Waals surface area (Å²) in [5.41, 5.74) is 8.38. The molecule has 32 heavy (non-hydrogen) atoms. The zero-order valence-corrected chi connectivity index (χ0v) is 19.9. The molecule has 0 saturated heterocycles. The highest BCUT2D eigenvalue weighted by Crippen LogP contribution is 2.48. The van der Waals surface area contributed by atoms with Crippen molar-refractivity contribution in [2.45, 2.75) is 26.8 Å². The number of hydrogen-bond acceptors (Lipinski definition) is 4. The van der Waals surface area contributed by atoms with Crippen LogP contribution in [0.5, 0.6) is 0 Å². The topological polar surface area (TPSA) is 57.6 Å². The number of allylic oxidation sites excluding steroid dienone is 1. The lowest BCUT2D eigenvalue weighted by molar-refractivity contribution is 0.482. The van der Waals surface area contributed by atoms with Crippen LogP contribution >= 0.6 is 11.8 Å². The summed E-state index contributed by atoms with van der Waals surface area (Å²) >= 11 is 1.64. The second-order valence-electron chi connectivity index (χ2n) is 8.03. The van der Waals surface area contributed by atoms with Gasteiger partial charge in [0.2, 0.25) is 0 Å². The van der Waals surface area contributed by atoms with E-state index < -0.39 is 10.1 Å². The summed E-state index contributed by atoms with van der Waals surface area (Å²) in [5, 5.41) is 0. The molecule has 0 unspecified atom stereocenters. The lowest BCUT2D eigenvalue weighted by Gasteiger charge is -2.35. The number of aryl methyl sites for hydroxylation is 1. The molecule has 166 valence electrons. The van der Waals surface area contributed by atoms with Gasteiger partial charge in [-0.2, -0.15) is 8.42 Å². The Morgan fingerprint density at radius 3 is 2.03 bits per heavy atom. The molecule has 1 heterocycles. The van der Waals surface area contributed by atoms with Crippen LogP contribution in [0.3, 0.4) is 0 Å². The smallest absolute Gasteiger partial charge is 0.264 e. The summed E-state index contributed by atoms with van der Waals surface area (Å²) in [4.78, 5) is 3.52. The standard InChI is InChI=1S/C26H27NO3S2/c1-19-12-14-21(15-13-19)18-27-24-10-5-3-8-22(24)26(23-9-4-6-11-25(23)27)20(2)31-16-7-17-32(28,29)30/h3-6,8-15H,7,16-18H2,1-2H3,(H,28,29,30). The molecule has 0 bridgehead atoms. The van der Waals surface area contributed by atoms with Gasteiger partial charge in [0.15, 0.2) is 0 Å². The Labute approximate surface area is 194 Å². The third-order valence-corrected chi connectivity index (χ3v) is 7.54. The van der Waals surface area contributed by atoms with Gasteiger partial charge in [-0.15, -0.1) is 11.8 Å². The van der Waals surface area contributed by atoms with Crippen LogP contribution in [0.15, 0.2) is 77.7 Å². The Bertz CT molecular complexity index is 1200. The minimum atomic E-state index is -3.92. The van der Waals surface area contributed by atoms with Gasteiger partial charge in [-0.3, -0.25) is 4.55 Å². The average molecular weight is 466 g/mol. The maximum absolute atomic E-state index is 11.0. The summed E-state index contributed by atoms with van der Waals surface area (Å²) in [5.74, 6) is 0.423. The molecule has 1 aliphatic rings. The molecule has 0 saturated carbocycles. The number of rotatable bonds is 7. The van der Waals surface area contributed by atoms with Gasteiger partial charge in [-0.25, -0.2) is 0 Å². The van der Waals surface area contributed by atoms with Crippen molar-refractivity contribution in [3.8, 4) is 0 Å². The molecule has 1 aliphatic heterocycles. The first-order valence-electron chi connectivity index (χ1n) is 10.6. The number of para-hydroxylation sites is 2. The predicted octanol–water partition coefficient (Wildman–Crippen LogP) is 6.44. The van der Waals surface area contributed by atoms with Gasteiger partial charge in [0.05, 0.1) is 5.75 Å². The third-order valence-electron chi connectivity index (χ3n) is 5.61. The fraction of sp³-hybridized carbons (Fsp3) is 0.231. The van der Waals surface area contributed by atoms with E-state index >= 15 is 0 Å². The molecule has 3 aromatic carbocycles. The highest BCUT2D eigenvalue weighted by molar-refractivity contribution is 8.03. The fourth-order valence-electron chi connectivity index (χ4n) is 4.08. The second-order valence-corrected chi connectivity index (χ2v) is 10.9. The van der Waals surface area contributed by atoms with Gasteiger partial charge in [-0.1, -0.05) is 66.2 Å². The third kappa shape index (κ3) is 5.09. The van der Waals surface area contributed by atoms with E-state index in [1.807, 2.05) is 0 Å². The Morgan fingerprint density at radius 2 is 1.47 bits per heavy atom. The zero-order valence-electron chi connectivity index (χ0n) is 18.3. The number of fused-ring (bicyclic) bond motifs is 2. The van der Waals surface area contributed by atoms with Crippen LogP contribution < -0.4 is 4.90 Å². The number of thioether (sulfide) groups is 1. The zero-order chi connectivity index (χ0) is 22.7. The number of nitrogens with zero attached hydrogens (tertiary/aromatic N) is 1. The first kappa shape index (κ1) is 22.6. The van der Waals surface area contributed by atoms with Gasteiger partial charge >= 0.3 is 0 Å². The van der Waals surface area contributed by atoms with Crippen LogP contribution in [-0.4, -0.2) is 24.5 Å². The van der Waals surface area contributed by atoms with Gasteiger partial charge in [0.1, 0.15) is 0 Å². The first-order valence-corrected chi connectivity index (χ1v) is 13.2. The molecular weight excluding hydrogens is 438 g/mol. The summed E-state index contributed by atoms with van der Waals surface area (Å²) in [6.45, 7) is 4.97. The molecule has 0 atom stereocenters. The summed E-state index contributed by atoms with van der Waals surface area (Å²) in [6.07, 6.45) is 0.414. The molecule has 0 aromatic heterocycles. The van der Waals surface area contributed by atoms with Gasteiger partial charge in [0, 0.05) is 34.6 Å². The quantitative estimate of drug-likeness (QED) is 0.321. The van der Waals surface area contributed by atoms with Crippen molar-refractivity contribution in [1.82, 2.24) is 0 Å². The van der Waals surface area contributed by atoms with Crippen LogP contribution in [0.1, 0.15) is 35.6 Å². The van der Waals surface area contributed by atoms with Gasteiger partial charge < -0.3 is 4.90 Å². The number of hydrogen-bond donors (Lipinski definition) is 1. The van der Waals surface area contributed by atoms with E-state index in [-0.39, 0.29) is 5.75 Å². The van der Waals surface area contributed by atoms with Crippen molar-refractivity contribution in [2.75, 3.05) is 16.4 Å². The molecule has 0 fully saturated rings. The number of benzene rings is 3. The summed E-state index contributed by atoms with van der Waals surface area (Å²) < 4.78 is 31.1. The predicted molar refractivity (Wildman–Crippen MR) is 135 cm³/mol. The van der Waals surface area contributed by atoms with Crippen molar-refractivity contribution in [3.05, 3.63) is 100.0 Å². The van der Waals surface area contributed by atoms with E-state index in [1.54, 1.807) is 11.8 Å². The SMILES string of the molecule is CC(SCCCS(=O)(=O)O)=C1c2ccccc2N(Cc2ccc(C)cc2)c2ccccc21. The average Bonchev–Trinajstić information content (AvgIpc) is 2.77. The molecule has 0 spiro atoms. The van der Waals surface area contributed by atoms with E-state index in [0.717, 1.165) is 11.4 Å². The molecule has 0 radical (unpaired) electrons. The lowest BCUT2D eigenvalue weighted by atomic mass is 9.89. The van der Waals surface area contributed by atoms with Crippen LogP contribution in [0.4, 0.5) is 11.4 Å². The second kappa shape index (κ2) is 9.53.